The zero-order valence-electron chi connectivity index (χ0n) is 18.2. The molecule has 170 valence electrons. The average molecular weight is 467 g/mol. The molecule has 1 aromatic heterocycles. The summed E-state index contributed by atoms with van der Waals surface area (Å²) in [4.78, 5) is 9.26. The fourth-order valence-corrected chi connectivity index (χ4v) is 5.06. The number of anilines is 2. The number of thioether (sulfide) groups is 1. The molecule has 3 N–H and O–H groups in total. The second-order valence-corrected chi connectivity index (χ2v) is 8.73. The van der Waals surface area contributed by atoms with Gasteiger partial charge in [-0.3, -0.25) is 0 Å². The number of ether oxygens (including phenoxy) is 3. The smallest absolute Gasteiger partial charge is 0.173 e. The van der Waals surface area contributed by atoms with Crippen molar-refractivity contribution >= 4 is 28.4 Å². The first-order chi connectivity index (χ1) is 16.0. The molecule has 7 nitrogen and oxygen atoms in total. The number of aliphatic imine (C=N–C) groups is 1. The maximum atomic E-state index is 15.0. The Morgan fingerprint density at radius 1 is 1.24 bits per heavy atom. The highest BCUT2D eigenvalue weighted by Crippen LogP contribution is 2.55. The average Bonchev–Trinajstić information content (AvgIpc) is 2.82. The van der Waals surface area contributed by atoms with Crippen LogP contribution in [-0.2, 0) is 5.54 Å². The number of halogens is 1. The van der Waals surface area contributed by atoms with Gasteiger partial charge in [-0.05, 0) is 49.7 Å². The molecule has 3 aromatic rings. The Bertz CT molecular complexity index is 1250. The summed E-state index contributed by atoms with van der Waals surface area (Å²) in [5, 5.41) is 3.77. The molecule has 2 aromatic carbocycles. The topological polar surface area (TPSA) is 91.0 Å². The first-order valence-corrected chi connectivity index (χ1v) is 11.6. The Kier molecular flexibility index (Phi) is 5.49. The highest BCUT2D eigenvalue weighted by Gasteiger charge is 2.45. The van der Waals surface area contributed by atoms with Crippen molar-refractivity contribution in [1.29, 1.82) is 0 Å². The molecule has 33 heavy (non-hydrogen) atoms. The predicted molar refractivity (Wildman–Crippen MR) is 128 cm³/mol. The largest absolute Gasteiger partial charge is 0.497 e. The van der Waals surface area contributed by atoms with Crippen molar-refractivity contribution in [3.8, 4) is 23.0 Å². The second kappa shape index (κ2) is 8.47. The van der Waals surface area contributed by atoms with Crippen LogP contribution in [0, 0.1) is 5.82 Å². The molecule has 0 bridgehead atoms. The maximum Gasteiger partial charge on any atom is 0.173 e. The number of nitrogens with two attached hydrogens (primary N) is 1. The van der Waals surface area contributed by atoms with Crippen LogP contribution in [0.4, 0.5) is 15.9 Å². The van der Waals surface area contributed by atoms with Crippen molar-refractivity contribution in [2.45, 2.75) is 18.9 Å². The second-order valence-electron chi connectivity index (χ2n) is 7.62. The Morgan fingerprint density at radius 2 is 2.12 bits per heavy atom. The predicted octanol–water partition coefficient (Wildman–Crippen LogP) is 5.17. The molecular weight excluding hydrogens is 443 g/mol. The molecule has 0 unspecified atom stereocenters. The van der Waals surface area contributed by atoms with Gasteiger partial charge in [0, 0.05) is 34.8 Å². The molecule has 5 rings (SSSR count). The lowest BCUT2D eigenvalue weighted by atomic mass is 9.78. The van der Waals surface area contributed by atoms with Crippen molar-refractivity contribution in [1.82, 2.24) is 4.98 Å². The number of fused-ring (bicyclic) bond motifs is 4. The van der Waals surface area contributed by atoms with Crippen LogP contribution in [0.5, 0.6) is 23.0 Å². The summed E-state index contributed by atoms with van der Waals surface area (Å²) in [7, 11) is 1.50. The van der Waals surface area contributed by atoms with Crippen LogP contribution in [0.15, 0.2) is 53.7 Å². The third kappa shape index (κ3) is 3.72. The van der Waals surface area contributed by atoms with Crippen molar-refractivity contribution in [2.24, 2.45) is 10.7 Å². The van der Waals surface area contributed by atoms with E-state index in [-0.39, 0.29) is 5.75 Å². The Balaban J connectivity index is 1.65. The van der Waals surface area contributed by atoms with E-state index in [1.807, 2.05) is 37.3 Å². The lowest BCUT2D eigenvalue weighted by Gasteiger charge is -2.39. The highest BCUT2D eigenvalue weighted by molar-refractivity contribution is 8.13. The van der Waals surface area contributed by atoms with Gasteiger partial charge in [0.1, 0.15) is 17.0 Å². The number of hydrogen-bond acceptors (Lipinski definition) is 8. The van der Waals surface area contributed by atoms with Crippen LogP contribution >= 0.6 is 11.8 Å². The van der Waals surface area contributed by atoms with E-state index >= 15 is 4.39 Å². The van der Waals surface area contributed by atoms with Gasteiger partial charge in [-0.15, -0.1) is 0 Å². The normalized spacial score (nSPS) is 18.6. The lowest BCUT2D eigenvalue weighted by Crippen LogP contribution is -2.35. The van der Waals surface area contributed by atoms with Crippen molar-refractivity contribution < 1.29 is 18.6 Å². The van der Waals surface area contributed by atoms with Gasteiger partial charge in [0.05, 0.1) is 13.7 Å². The lowest BCUT2D eigenvalue weighted by molar-refractivity contribution is 0.341. The molecule has 0 fully saturated rings. The number of hydrogen-bond donors (Lipinski definition) is 2. The van der Waals surface area contributed by atoms with Gasteiger partial charge < -0.3 is 25.3 Å². The van der Waals surface area contributed by atoms with Crippen molar-refractivity contribution in [2.75, 3.05) is 24.8 Å². The maximum absolute atomic E-state index is 15.0. The van der Waals surface area contributed by atoms with Gasteiger partial charge in [-0.2, -0.15) is 0 Å². The number of benzene rings is 2. The van der Waals surface area contributed by atoms with Crippen LogP contribution in [0.1, 0.15) is 24.5 Å². The van der Waals surface area contributed by atoms with E-state index in [0.29, 0.717) is 46.8 Å². The number of amidine groups is 1. The molecule has 2 aliphatic rings. The van der Waals surface area contributed by atoms with E-state index in [0.717, 1.165) is 17.0 Å². The molecule has 0 saturated heterocycles. The third-order valence-corrected chi connectivity index (χ3v) is 6.48. The van der Waals surface area contributed by atoms with E-state index in [1.54, 1.807) is 12.3 Å². The molecule has 0 aliphatic carbocycles. The van der Waals surface area contributed by atoms with Gasteiger partial charge in [-0.25, -0.2) is 14.4 Å². The molecule has 0 radical (unpaired) electrons. The van der Waals surface area contributed by atoms with Crippen molar-refractivity contribution in [3.63, 3.8) is 0 Å². The summed E-state index contributed by atoms with van der Waals surface area (Å²) in [6.07, 6.45) is 2.33. The highest BCUT2D eigenvalue weighted by atomic mass is 32.2. The molecule has 1 spiro atoms. The zero-order chi connectivity index (χ0) is 23.0. The molecule has 9 heteroatoms. The van der Waals surface area contributed by atoms with Crippen LogP contribution < -0.4 is 25.3 Å². The molecule has 3 heterocycles. The summed E-state index contributed by atoms with van der Waals surface area (Å²) >= 11 is 1.48. The number of aromatic nitrogens is 1. The number of nitrogens with one attached hydrogen (secondary N) is 1. The third-order valence-electron chi connectivity index (χ3n) is 5.68. The van der Waals surface area contributed by atoms with E-state index < -0.39 is 11.4 Å². The van der Waals surface area contributed by atoms with Crippen LogP contribution in [-0.4, -0.2) is 29.6 Å². The quantitative estimate of drug-likeness (QED) is 0.536. The Morgan fingerprint density at radius 3 is 2.91 bits per heavy atom. The minimum absolute atomic E-state index is 0.149. The van der Waals surface area contributed by atoms with Gasteiger partial charge in [0.25, 0.3) is 0 Å². The summed E-state index contributed by atoms with van der Waals surface area (Å²) in [5.74, 6) is 2.56. The first-order valence-electron chi connectivity index (χ1n) is 10.6. The van der Waals surface area contributed by atoms with E-state index in [2.05, 4.69) is 10.3 Å². The molecule has 0 amide bonds. The van der Waals surface area contributed by atoms with Gasteiger partial charge in [0.15, 0.2) is 28.3 Å². The zero-order valence-corrected chi connectivity index (χ0v) is 19.0. The number of methoxy groups -OCH3 is 1. The van der Waals surface area contributed by atoms with E-state index in [9.17, 15) is 0 Å². The van der Waals surface area contributed by atoms with Crippen LogP contribution in [0.3, 0.4) is 0 Å². The number of pyridine rings is 1. The standard InChI is InChI=1S/C24H23FN4O3S/c1-3-31-20-5-4-9-27-22(20)28-14-6-7-19-16(11-14)24(8-10-33-23(26)29-24)17-12-15(30-2)13-18(25)21(17)32-19/h4-7,9,11-13H,3,8,10H2,1-2H3,(H2,26,29)(H,27,28)/t24-/m0/s1. The van der Waals surface area contributed by atoms with Crippen LogP contribution in [0.25, 0.3) is 0 Å². The Labute approximate surface area is 195 Å². The summed E-state index contributed by atoms with van der Waals surface area (Å²) in [5.41, 5.74) is 7.46. The monoisotopic (exact) mass is 466 g/mol. The number of rotatable bonds is 5. The van der Waals surface area contributed by atoms with Crippen molar-refractivity contribution in [3.05, 3.63) is 65.6 Å². The minimum atomic E-state index is -0.891. The molecule has 1 atom stereocenters. The fourth-order valence-electron chi connectivity index (χ4n) is 4.23. The minimum Gasteiger partial charge on any atom is -0.497 e. The van der Waals surface area contributed by atoms with E-state index in [4.69, 9.17) is 24.9 Å². The molecule has 0 saturated carbocycles. The van der Waals surface area contributed by atoms with E-state index in [1.165, 1.54) is 24.9 Å². The van der Waals surface area contributed by atoms with Gasteiger partial charge in [-0.1, -0.05) is 11.8 Å². The Hall–Kier alpha value is -3.46. The first kappa shape index (κ1) is 21.4. The van der Waals surface area contributed by atoms with Gasteiger partial charge >= 0.3 is 0 Å². The summed E-state index contributed by atoms with van der Waals surface area (Å²) in [6.45, 7) is 2.45. The summed E-state index contributed by atoms with van der Waals surface area (Å²) < 4.78 is 32.0. The molecule has 2 aliphatic heterocycles. The van der Waals surface area contributed by atoms with Crippen LogP contribution in [0.2, 0.25) is 0 Å². The fraction of sp³-hybridized carbons (Fsp3) is 0.250. The SMILES string of the molecule is CCOc1cccnc1Nc1ccc2c(c1)[C@@]1(CCSC(N)=N1)c1cc(OC)cc(F)c1O2. The number of nitrogens with zero attached hydrogens (tertiary/aromatic N) is 2. The summed E-state index contributed by atoms with van der Waals surface area (Å²) in [6, 6.07) is 12.4. The molecular formula is C24H23FN4O3S. The van der Waals surface area contributed by atoms with Gasteiger partial charge in [0.2, 0.25) is 0 Å².